The van der Waals surface area contributed by atoms with Gasteiger partial charge in [0.15, 0.2) is 0 Å². The Balaban J connectivity index is 1.99. The lowest BCUT2D eigenvalue weighted by atomic mass is 10.1. The minimum Gasteiger partial charge on any atom is -0.398 e. The maximum atomic E-state index is 12.2. The number of carbonyl (C=O) groups excluding carboxylic acids is 2. The number of amides is 2. The molecule has 1 saturated carbocycles. The third-order valence-electron chi connectivity index (χ3n) is 2.91. The molecule has 1 fully saturated rings. The Bertz CT molecular complexity index is 515. The smallest absolute Gasteiger partial charge is 0.256 e. The first-order valence-corrected chi connectivity index (χ1v) is 6.86. The van der Waals surface area contributed by atoms with E-state index in [9.17, 15) is 9.59 Å². The summed E-state index contributed by atoms with van der Waals surface area (Å²) in [6.07, 6.45) is 2.06. The summed E-state index contributed by atoms with van der Waals surface area (Å²) < 4.78 is 0.815. The fraction of sp³-hybridized carbons (Fsp3) is 0.385. The molecule has 1 aromatic rings. The number of nitrogens with one attached hydrogen (secondary N) is 1. The second-order valence-electron chi connectivity index (χ2n) is 4.73. The SMILES string of the molecule is CN(CC(=O)NC1CC1)C(=O)c1ccc(Br)cc1N. The Hall–Kier alpha value is -1.56. The molecule has 2 rings (SSSR count). The quantitative estimate of drug-likeness (QED) is 0.821. The Kier molecular flexibility index (Phi) is 4.09. The third-order valence-corrected chi connectivity index (χ3v) is 3.41. The molecule has 0 spiro atoms. The number of nitrogens with zero attached hydrogens (tertiary/aromatic N) is 1. The monoisotopic (exact) mass is 325 g/mol. The maximum absolute atomic E-state index is 12.2. The maximum Gasteiger partial charge on any atom is 0.256 e. The van der Waals surface area contributed by atoms with Crippen LogP contribution in [0.4, 0.5) is 5.69 Å². The Morgan fingerprint density at radius 3 is 2.74 bits per heavy atom. The van der Waals surface area contributed by atoms with Crippen molar-refractivity contribution in [3.8, 4) is 0 Å². The number of nitrogens with two attached hydrogens (primary N) is 1. The van der Waals surface area contributed by atoms with Gasteiger partial charge in [-0.1, -0.05) is 15.9 Å². The van der Waals surface area contributed by atoms with Crippen molar-refractivity contribution < 1.29 is 9.59 Å². The van der Waals surface area contributed by atoms with Gasteiger partial charge in [-0.05, 0) is 31.0 Å². The highest BCUT2D eigenvalue weighted by atomic mass is 79.9. The van der Waals surface area contributed by atoms with Crippen molar-refractivity contribution in [1.29, 1.82) is 0 Å². The van der Waals surface area contributed by atoms with Crippen LogP contribution in [0.2, 0.25) is 0 Å². The van der Waals surface area contributed by atoms with E-state index < -0.39 is 0 Å². The molecule has 0 heterocycles. The molecule has 5 nitrogen and oxygen atoms in total. The summed E-state index contributed by atoms with van der Waals surface area (Å²) in [5.41, 5.74) is 6.61. The van der Waals surface area contributed by atoms with Crippen molar-refractivity contribution in [2.45, 2.75) is 18.9 Å². The zero-order chi connectivity index (χ0) is 14.0. The van der Waals surface area contributed by atoms with Gasteiger partial charge in [-0.2, -0.15) is 0 Å². The van der Waals surface area contributed by atoms with E-state index in [4.69, 9.17) is 5.73 Å². The van der Waals surface area contributed by atoms with E-state index in [2.05, 4.69) is 21.2 Å². The van der Waals surface area contributed by atoms with Crippen LogP contribution in [0.1, 0.15) is 23.2 Å². The van der Waals surface area contributed by atoms with Crippen molar-refractivity contribution in [3.05, 3.63) is 28.2 Å². The van der Waals surface area contributed by atoms with Crippen LogP contribution < -0.4 is 11.1 Å². The van der Waals surface area contributed by atoms with Gasteiger partial charge in [0.1, 0.15) is 0 Å². The molecule has 1 aliphatic carbocycles. The first-order valence-electron chi connectivity index (χ1n) is 6.07. The van der Waals surface area contributed by atoms with E-state index in [-0.39, 0.29) is 18.4 Å². The topological polar surface area (TPSA) is 75.4 Å². The third kappa shape index (κ3) is 3.70. The van der Waals surface area contributed by atoms with Gasteiger partial charge < -0.3 is 16.0 Å². The molecule has 1 aromatic carbocycles. The minimum atomic E-state index is -0.254. The first kappa shape index (κ1) is 13.9. The van der Waals surface area contributed by atoms with E-state index in [1.54, 1.807) is 25.2 Å². The van der Waals surface area contributed by atoms with Crippen molar-refractivity contribution in [3.63, 3.8) is 0 Å². The molecular formula is C13H16BrN3O2. The summed E-state index contributed by atoms with van der Waals surface area (Å²) in [5.74, 6) is -0.384. The second-order valence-corrected chi connectivity index (χ2v) is 5.65. The lowest BCUT2D eigenvalue weighted by Gasteiger charge is -2.17. The molecule has 0 atom stereocenters. The largest absolute Gasteiger partial charge is 0.398 e. The van der Waals surface area contributed by atoms with Crippen molar-refractivity contribution >= 4 is 33.4 Å². The number of halogens is 1. The van der Waals surface area contributed by atoms with Gasteiger partial charge in [0.05, 0.1) is 12.1 Å². The molecule has 0 radical (unpaired) electrons. The zero-order valence-corrected chi connectivity index (χ0v) is 12.2. The number of nitrogen functional groups attached to an aromatic ring is 1. The molecule has 0 aliphatic heterocycles. The standard InChI is InChI=1S/C13H16BrN3O2/c1-17(7-12(18)16-9-3-4-9)13(19)10-5-2-8(14)6-11(10)15/h2,5-6,9H,3-4,7,15H2,1H3,(H,16,18). The highest BCUT2D eigenvalue weighted by Gasteiger charge is 2.24. The number of likely N-dealkylation sites (N-methyl/N-ethyl adjacent to an activating group) is 1. The Morgan fingerprint density at radius 2 is 2.16 bits per heavy atom. The fourth-order valence-corrected chi connectivity index (χ4v) is 2.10. The average molecular weight is 326 g/mol. The Labute approximate surface area is 120 Å². The molecule has 19 heavy (non-hydrogen) atoms. The van der Waals surface area contributed by atoms with Gasteiger partial charge in [0.2, 0.25) is 5.91 Å². The van der Waals surface area contributed by atoms with E-state index in [1.165, 1.54) is 4.90 Å². The fourth-order valence-electron chi connectivity index (χ4n) is 1.72. The van der Waals surface area contributed by atoms with Gasteiger partial charge in [0.25, 0.3) is 5.91 Å². The molecule has 0 saturated heterocycles. The van der Waals surface area contributed by atoms with Gasteiger partial charge in [-0.3, -0.25) is 9.59 Å². The number of carbonyl (C=O) groups is 2. The molecule has 0 unspecified atom stereocenters. The zero-order valence-electron chi connectivity index (χ0n) is 10.6. The predicted octanol–water partition coefficient (Wildman–Crippen LogP) is 1.38. The summed E-state index contributed by atoms with van der Waals surface area (Å²) in [4.78, 5) is 25.2. The van der Waals surface area contributed by atoms with Gasteiger partial charge in [0, 0.05) is 23.2 Å². The summed E-state index contributed by atoms with van der Waals surface area (Å²) in [7, 11) is 1.59. The van der Waals surface area contributed by atoms with Crippen LogP contribution in [0, 0.1) is 0 Å². The number of benzene rings is 1. The molecule has 102 valence electrons. The van der Waals surface area contributed by atoms with E-state index >= 15 is 0 Å². The highest BCUT2D eigenvalue weighted by Crippen LogP contribution is 2.20. The normalized spacial score (nSPS) is 14.0. The van der Waals surface area contributed by atoms with Crippen LogP contribution in [0.25, 0.3) is 0 Å². The molecular weight excluding hydrogens is 310 g/mol. The summed E-state index contributed by atoms with van der Waals surface area (Å²) >= 11 is 3.29. The average Bonchev–Trinajstić information content (AvgIpc) is 3.11. The molecule has 1 aliphatic rings. The van der Waals surface area contributed by atoms with Crippen LogP contribution in [0.3, 0.4) is 0 Å². The summed E-state index contributed by atoms with van der Waals surface area (Å²) in [6, 6.07) is 5.37. The molecule has 6 heteroatoms. The predicted molar refractivity (Wildman–Crippen MR) is 76.7 cm³/mol. The van der Waals surface area contributed by atoms with E-state index in [0.29, 0.717) is 17.3 Å². The van der Waals surface area contributed by atoms with Gasteiger partial charge in [-0.25, -0.2) is 0 Å². The van der Waals surface area contributed by atoms with Gasteiger partial charge >= 0.3 is 0 Å². The van der Waals surface area contributed by atoms with Crippen molar-refractivity contribution in [2.75, 3.05) is 19.3 Å². The number of rotatable bonds is 4. The van der Waals surface area contributed by atoms with Crippen LogP contribution in [0.15, 0.2) is 22.7 Å². The summed E-state index contributed by atoms with van der Waals surface area (Å²) in [6.45, 7) is 0.0465. The molecule has 0 aromatic heterocycles. The molecule has 2 amide bonds. The number of anilines is 1. The van der Waals surface area contributed by atoms with Gasteiger partial charge in [-0.15, -0.1) is 0 Å². The van der Waals surface area contributed by atoms with Crippen LogP contribution in [0.5, 0.6) is 0 Å². The second kappa shape index (κ2) is 5.61. The first-order chi connectivity index (χ1) is 8.97. The highest BCUT2D eigenvalue weighted by molar-refractivity contribution is 9.10. The minimum absolute atomic E-state index is 0.0465. The number of hydrogen-bond acceptors (Lipinski definition) is 3. The summed E-state index contributed by atoms with van der Waals surface area (Å²) in [5, 5.41) is 2.84. The lowest BCUT2D eigenvalue weighted by molar-refractivity contribution is -0.121. The van der Waals surface area contributed by atoms with Crippen molar-refractivity contribution in [2.24, 2.45) is 0 Å². The molecule has 3 N–H and O–H groups in total. The van der Waals surface area contributed by atoms with Crippen LogP contribution in [-0.4, -0.2) is 36.3 Å². The Morgan fingerprint density at radius 1 is 1.47 bits per heavy atom. The van der Waals surface area contributed by atoms with Crippen molar-refractivity contribution in [1.82, 2.24) is 10.2 Å². The van der Waals surface area contributed by atoms with E-state index in [1.807, 2.05) is 0 Å². The molecule has 0 bridgehead atoms. The lowest BCUT2D eigenvalue weighted by Crippen LogP contribution is -2.39. The van der Waals surface area contributed by atoms with E-state index in [0.717, 1.165) is 17.3 Å². The number of hydrogen-bond donors (Lipinski definition) is 2. The van der Waals surface area contributed by atoms with Crippen LogP contribution in [-0.2, 0) is 4.79 Å². The van der Waals surface area contributed by atoms with Crippen LogP contribution >= 0.6 is 15.9 Å².